The molecule has 0 aliphatic rings. The SMILES string of the molecule is CCCCOc1ccc(C(=O)Oc2cc(Cc3ccccc3)c(OC(=O)c3ccc(OCCCC)cc3)c(C(=O)O)c2)cc1. The molecule has 4 aromatic carbocycles. The van der Waals surface area contributed by atoms with Crippen LogP contribution in [-0.2, 0) is 6.42 Å². The van der Waals surface area contributed by atoms with Crippen molar-refractivity contribution in [3.63, 3.8) is 0 Å². The lowest BCUT2D eigenvalue weighted by Gasteiger charge is -2.16. The van der Waals surface area contributed by atoms with Crippen LogP contribution in [0.25, 0.3) is 0 Å². The Kier molecular flexibility index (Phi) is 11.5. The van der Waals surface area contributed by atoms with Crippen LogP contribution in [0.5, 0.6) is 23.0 Å². The van der Waals surface area contributed by atoms with Crippen molar-refractivity contribution in [1.29, 1.82) is 0 Å². The third kappa shape index (κ3) is 8.94. The van der Waals surface area contributed by atoms with Gasteiger partial charge in [-0.05, 0) is 79.1 Å². The van der Waals surface area contributed by atoms with Gasteiger partial charge in [0.25, 0.3) is 0 Å². The second kappa shape index (κ2) is 15.9. The van der Waals surface area contributed by atoms with Crippen molar-refractivity contribution in [3.8, 4) is 23.0 Å². The van der Waals surface area contributed by atoms with Gasteiger partial charge in [-0.3, -0.25) is 0 Å². The van der Waals surface area contributed by atoms with Crippen LogP contribution in [0.3, 0.4) is 0 Å². The van der Waals surface area contributed by atoms with Gasteiger partial charge in [0.15, 0.2) is 0 Å². The van der Waals surface area contributed by atoms with Gasteiger partial charge >= 0.3 is 17.9 Å². The number of benzene rings is 4. The number of unbranched alkanes of at least 4 members (excludes halogenated alkanes) is 2. The molecule has 0 aliphatic carbocycles. The molecule has 0 bridgehead atoms. The zero-order valence-electron chi connectivity index (χ0n) is 24.9. The predicted octanol–water partition coefficient (Wildman–Crippen LogP) is 7.77. The van der Waals surface area contributed by atoms with Crippen molar-refractivity contribution < 1.29 is 38.4 Å². The first-order valence-corrected chi connectivity index (χ1v) is 14.7. The number of esters is 2. The second-order valence-electron chi connectivity index (χ2n) is 10.2. The Balaban J connectivity index is 1.60. The second-order valence-corrected chi connectivity index (χ2v) is 10.2. The smallest absolute Gasteiger partial charge is 0.343 e. The molecule has 8 heteroatoms. The number of ether oxygens (including phenoxy) is 4. The van der Waals surface area contributed by atoms with E-state index >= 15 is 0 Å². The summed E-state index contributed by atoms with van der Waals surface area (Å²) in [4.78, 5) is 38.6. The molecule has 0 radical (unpaired) electrons. The van der Waals surface area contributed by atoms with Crippen molar-refractivity contribution in [2.24, 2.45) is 0 Å². The molecule has 0 amide bonds. The lowest BCUT2D eigenvalue weighted by molar-refractivity contribution is 0.0669. The summed E-state index contributed by atoms with van der Waals surface area (Å²) < 4.78 is 22.6. The Bertz CT molecular complexity index is 1540. The van der Waals surface area contributed by atoms with E-state index in [1.54, 1.807) is 48.5 Å². The van der Waals surface area contributed by atoms with Crippen LogP contribution in [0.2, 0.25) is 0 Å². The molecule has 8 nitrogen and oxygen atoms in total. The minimum Gasteiger partial charge on any atom is -0.494 e. The highest BCUT2D eigenvalue weighted by molar-refractivity contribution is 5.97. The Hall–Kier alpha value is -5.11. The van der Waals surface area contributed by atoms with Crippen molar-refractivity contribution in [2.45, 2.75) is 46.0 Å². The fourth-order valence-electron chi connectivity index (χ4n) is 4.31. The zero-order chi connectivity index (χ0) is 31.3. The van der Waals surface area contributed by atoms with E-state index in [0.29, 0.717) is 30.3 Å². The van der Waals surface area contributed by atoms with Gasteiger partial charge in [-0.2, -0.15) is 0 Å². The topological polar surface area (TPSA) is 108 Å². The summed E-state index contributed by atoms with van der Waals surface area (Å²) in [7, 11) is 0. The average Bonchev–Trinajstić information content (AvgIpc) is 3.03. The lowest BCUT2D eigenvalue weighted by Crippen LogP contribution is -2.15. The Morgan fingerprint density at radius 2 is 1.16 bits per heavy atom. The molecule has 0 fully saturated rings. The maximum Gasteiger partial charge on any atom is 0.343 e. The summed E-state index contributed by atoms with van der Waals surface area (Å²) in [6, 6.07) is 25.0. The van der Waals surface area contributed by atoms with E-state index in [1.807, 2.05) is 30.3 Å². The monoisotopic (exact) mass is 596 g/mol. The Labute approximate surface area is 257 Å². The third-order valence-corrected chi connectivity index (χ3v) is 6.73. The fraction of sp³-hybridized carbons (Fsp3) is 0.250. The molecule has 0 unspecified atom stereocenters. The average molecular weight is 597 g/mol. The van der Waals surface area contributed by atoms with Gasteiger partial charge < -0.3 is 24.1 Å². The van der Waals surface area contributed by atoms with Crippen LogP contribution in [-0.4, -0.2) is 36.2 Å². The quantitative estimate of drug-likeness (QED) is 0.0842. The summed E-state index contributed by atoms with van der Waals surface area (Å²) >= 11 is 0. The van der Waals surface area contributed by atoms with E-state index in [9.17, 15) is 19.5 Å². The number of carboxylic acid groups (broad SMARTS) is 1. The summed E-state index contributed by atoms with van der Waals surface area (Å²) in [5.74, 6) is -1.59. The number of carbonyl (C=O) groups excluding carboxylic acids is 2. The van der Waals surface area contributed by atoms with Gasteiger partial charge in [0.1, 0.15) is 28.6 Å². The first-order valence-electron chi connectivity index (χ1n) is 14.7. The number of hydrogen-bond donors (Lipinski definition) is 1. The number of hydrogen-bond acceptors (Lipinski definition) is 7. The first kappa shape index (κ1) is 31.8. The third-order valence-electron chi connectivity index (χ3n) is 6.73. The van der Waals surface area contributed by atoms with E-state index in [-0.39, 0.29) is 34.6 Å². The van der Waals surface area contributed by atoms with Gasteiger partial charge in [-0.15, -0.1) is 0 Å². The van der Waals surface area contributed by atoms with E-state index in [2.05, 4.69) is 13.8 Å². The molecular weight excluding hydrogens is 560 g/mol. The van der Waals surface area contributed by atoms with Gasteiger partial charge in [-0.25, -0.2) is 14.4 Å². The lowest BCUT2D eigenvalue weighted by atomic mass is 10.0. The molecule has 0 saturated heterocycles. The van der Waals surface area contributed by atoms with E-state index in [0.717, 1.165) is 31.2 Å². The zero-order valence-corrected chi connectivity index (χ0v) is 24.9. The molecule has 44 heavy (non-hydrogen) atoms. The summed E-state index contributed by atoms with van der Waals surface area (Å²) in [6.45, 7) is 5.29. The number of carbonyl (C=O) groups is 3. The van der Waals surface area contributed by atoms with Crippen molar-refractivity contribution in [2.75, 3.05) is 13.2 Å². The normalized spacial score (nSPS) is 10.6. The van der Waals surface area contributed by atoms with E-state index < -0.39 is 17.9 Å². The highest BCUT2D eigenvalue weighted by Crippen LogP contribution is 2.33. The molecule has 0 atom stereocenters. The van der Waals surface area contributed by atoms with Crippen molar-refractivity contribution in [3.05, 3.63) is 119 Å². The molecular formula is C36H36O8. The van der Waals surface area contributed by atoms with Crippen molar-refractivity contribution >= 4 is 17.9 Å². The van der Waals surface area contributed by atoms with Crippen LogP contribution in [0.1, 0.15) is 81.7 Å². The highest BCUT2D eigenvalue weighted by atomic mass is 16.5. The standard InChI is InChI=1S/C36H36O8/c1-3-5-20-41-29-16-12-26(13-17-29)35(39)43-31-23-28(22-25-10-8-7-9-11-25)33(32(24-31)34(37)38)44-36(40)27-14-18-30(19-15-27)42-21-6-4-2/h7-19,23-24H,3-6,20-22H2,1-2H3,(H,37,38). The summed E-state index contributed by atoms with van der Waals surface area (Å²) in [5, 5.41) is 10.1. The minimum atomic E-state index is -1.34. The van der Waals surface area contributed by atoms with Crippen LogP contribution in [0, 0.1) is 0 Å². The first-order chi connectivity index (χ1) is 21.4. The molecule has 1 N–H and O–H groups in total. The Morgan fingerprint density at radius 1 is 0.636 bits per heavy atom. The van der Waals surface area contributed by atoms with Gasteiger partial charge in [-0.1, -0.05) is 57.0 Å². The highest BCUT2D eigenvalue weighted by Gasteiger charge is 2.23. The minimum absolute atomic E-state index is 0.00924. The van der Waals surface area contributed by atoms with Crippen LogP contribution >= 0.6 is 0 Å². The van der Waals surface area contributed by atoms with Gasteiger partial charge in [0, 0.05) is 12.0 Å². The van der Waals surface area contributed by atoms with Crippen molar-refractivity contribution in [1.82, 2.24) is 0 Å². The number of carboxylic acids is 1. The summed E-state index contributed by atoms with van der Waals surface area (Å²) in [5.41, 5.74) is 1.40. The maximum atomic E-state index is 13.2. The van der Waals surface area contributed by atoms with Gasteiger partial charge in [0.05, 0.1) is 24.3 Å². The molecule has 228 valence electrons. The van der Waals surface area contributed by atoms with Crippen LogP contribution in [0.15, 0.2) is 91.0 Å². The fourth-order valence-corrected chi connectivity index (χ4v) is 4.31. The maximum absolute atomic E-state index is 13.2. The molecule has 4 rings (SSSR count). The van der Waals surface area contributed by atoms with Crippen LogP contribution < -0.4 is 18.9 Å². The molecule has 0 aromatic heterocycles. The summed E-state index contributed by atoms with van der Waals surface area (Å²) in [6.07, 6.45) is 4.07. The van der Waals surface area contributed by atoms with E-state index in [4.69, 9.17) is 18.9 Å². The van der Waals surface area contributed by atoms with Crippen LogP contribution in [0.4, 0.5) is 0 Å². The number of aromatic carboxylic acids is 1. The predicted molar refractivity (Wildman–Crippen MR) is 166 cm³/mol. The van der Waals surface area contributed by atoms with Gasteiger partial charge in [0.2, 0.25) is 0 Å². The molecule has 0 heterocycles. The number of rotatable bonds is 15. The molecule has 0 aliphatic heterocycles. The van der Waals surface area contributed by atoms with E-state index in [1.165, 1.54) is 12.1 Å². The molecule has 0 spiro atoms. The Morgan fingerprint density at radius 3 is 1.66 bits per heavy atom. The largest absolute Gasteiger partial charge is 0.494 e. The molecule has 4 aromatic rings. The molecule has 0 saturated carbocycles.